The molecule has 0 bridgehead atoms. The van der Waals surface area contributed by atoms with E-state index in [4.69, 9.17) is 11.6 Å². The molecule has 0 saturated carbocycles. The molecule has 0 amide bonds. The van der Waals surface area contributed by atoms with E-state index < -0.39 is 10.0 Å². The maximum absolute atomic E-state index is 12.4. The lowest BCUT2D eigenvalue weighted by atomic mass is 10.1. The van der Waals surface area contributed by atoms with Crippen LogP contribution in [-0.2, 0) is 16.6 Å². The first-order valence-corrected chi connectivity index (χ1v) is 9.13. The van der Waals surface area contributed by atoms with E-state index in [2.05, 4.69) is 23.9 Å². The van der Waals surface area contributed by atoms with Gasteiger partial charge in [-0.3, -0.25) is 0 Å². The van der Waals surface area contributed by atoms with Gasteiger partial charge in [-0.15, -0.1) is 0 Å². The topological polar surface area (TPSA) is 58.2 Å². The van der Waals surface area contributed by atoms with Crippen LogP contribution in [0.15, 0.2) is 17.0 Å². The fourth-order valence-corrected chi connectivity index (χ4v) is 3.65. The Labute approximate surface area is 133 Å². The van der Waals surface area contributed by atoms with Gasteiger partial charge in [-0.2, -0.15) is 0 Å². The van der Waals surface area contributed by atoms with Crippen LogP contribution in [0.2, 0.25) is 5.02 Å². The van der Waals surface area contributed by atoms with Crippen molar-refractivity contribution in [1.29, 1.82) is 0 Å². The molecule has 0 unspecified atom stereocenters. The number of benzene rings is 1. The number of nitrogens with one attached hydrogen (secondary N) is 2. The predicted octanol–water partition coefficient (Wildman–Crippen LogP) is 3.08. The van der Waals surface area contributed by atoms with Crippen molar-refractivity contribution in [3.05, 3.63) is 28.3 Å². The Morgan fingerprint density at radius 2 is 1.95 bits per heavy atom. The van der Waals surface area contributed by atoms with Crippen molar-refractivity contribution in [3.63, 3.8) is 0 Å². The number of sulfonamides is 1. The molecule has 0 fully saturated rings. The molecule has 0 atom stereocenters. The van der Waals surface area contributed by atoms with Crippen LogP contribution >= 0.6 is 11.6 Å². The van der Waals surface area contributed by atoms with E-state index in [-0.39, 0.29) is 4.90 Å². The quantitative estimate of drug-likeness (QED) is 0.769. The molecule has 1 rings (SSSR count). The second-order valence-corrected chi connectivity index (χ2v) is 7.72. The largest absolute Gasteiger partial charge is 0.313 e. The average molecular weight is 333 g/mol. The molecular formula is C15H25ClN2O2S. The van der Waals surface area contributed by atoms with E-state index in [1.807, 2.05) is 19.9 Å². The molecule has 1 aromatic rings. The summed E-state index contributed by atoms with van der Waals surface area (Å²) >= 11 is 6.07. The molecule has 0 radical (unpaired) electrons. The fraction of sp³-hybridized carbons (Fsp3) is 0.600. The van der Waals surface area contributed by atoms with Gasteiger partial charge in [0, 0.05) is 18.1 Å². The van der Waals surface area contributed by atoms with E-state index >= 15 is 0 Å². The van der Waals surface area contributed by atoms with Crippen molar-refractivity contribution in [2.24, 2.45) is 5.92 Å². The van der Waals surface area contributed by atoms with Gasteiger partial charge in [0.05, 0.1) is 4.90 Å². The molecule has 0 aliphatic carbocycles. The Morgan fingerprint density at radius 3 is 2.52 bits per heavy atom. The van der Waals surface area contributed by atoms with Gasteiger partial charge in [-0.25, -0.2) is 13.1 Å². The summed E-state index contributed by atoms with van der Waals surface area (Å²) in [5, 5.41) is 3.64. The van der Waals surface area contributed by atoms with Crippen LogP contribution in [0.5, 0.6) is 0 Å². The summed E-state index contributed by atoms with van der Waals surface area (Å²) in [5.41, 5.74) is 1.66. The normalized spacial score (nSPS) is 12.1. The maximum Gasteiger partial charge on any atom is 0.240 e. The van der Waals surface area contributed by atoms with E-state index in [9.17, 15) is 8.42 Å². The number of rotatable bonds is 8. The Hall–Kier alpha value is -0.620. The summed E-state index contributed by atoms with van der Waals surface area (Å²) in [6, 6.07) is 3.33. The molecular weight excluding hydrogens is 308 g/mol. The lowest BCUT2D eigenvalue weighted by molar-refractivity contribution is 0.551. The average Bonchev–Trinajstić information content (AvgIpc) is 2.38. The van der Waals surface area contributed by atoms with Crippen molar-refractivity contribution in [3.8, 4) is 0 Å². The smallest absolute Gasteiger partial charge is 0.240 e. The molecule has 6 heteroatoms. The molecule has 21 heavy (non-hydrogen) atoms. The maximum atomic E-state index is 12.4. The zero-order chi connectivity index (χ0) is 16.0. The number of halogens is 1. The van der Waals surface area contributed by atoms with Crippen molar-refractivity contribution in [1.82, 2.24) is 10.0 Å². The van der Waals surface area contributed by atoms with Gasteiger partial charge in [0.15, 0.2) is 0 Å². The van der Waals surface area contributed by atoms with Gasteiger partial charge in [0.2, 0.25) is 10.0 Å². The Bertz CT molecular complexity index is 571. The van der Waals surface area contributed by atoms with Crippen molar-refractivity contribution in [2.75, 3.05) is 13.1 Å². The van der Waals surface area contributed by atoms with Gasteiger partial charge < -0.3 is 5.32 Å². The minimum Gasteiger partial charge on any atom is -0.313 e. The van der Waals surface area contributed by atoms with Crippen LogP contribution in [0.4, 0.5) is 0 Å². The van der Waals surface area contributed by atoms with Crippen LogP contribution in [0.25, 0.3) is 0 Å². The third-order valence-electron chi connectivity index (χ3n) is 3.30. The van der Waals surface area contributed by atoms with Gasteiger partial charge in [0.1, 0.15) is 0 Å². The fourth-order valence-electron chi connectivity index (χ4n) is 1.99. The van der Waals surface area contributed by atoms with Crippen LogP contribution in [-0.4, -0.2) is 21.5 Å². The third-order valence-corrected chi connectivity index (χ3v) is 5.11. The highest BCUT2D eigenvalue weighted by molar-refractivity contribution is 7.89. The van der Waals surface area contributed by atoms with E-state index in [0.717, 1.165) is 24.1 Å². The molecule has 0 spiro atoms. The van der Waals surface area contributed by atoms with Crippen molar-refractivity contribution >= 4 is 21.6 Å². The summed E-state index contributed by atoms with van der Waals surface area (Å²) in [6.45, 7) is 9.82. The molecule has 2 N–H and O–H groups in total. The van der Waals surface area contributed by atoms with Gasteiger partial charge in [-0.1, -0.05) is 32.4 Å². The summed E-state index contributed by atoms with van der Waals surface area (Å²) in [7, 11) is -3.52. The standard InChI is InChI=1S/C15H25ClN2O2S/c1-5-17-10-13-8-14(16)9-15(12(13)4)21(19,20)18-7-6-11(2)3/h8-9,11,17-18H,5-7,10H2,1-4H3. The minimum atomic E-state index is -3.52. The van der Waals surface area contributed by atoms with Crippen LogP contribution in [0.3, 0.4) is 0 Å². The molecule has 4 nitrogen and oxygen atoms in total. The SMILES string of the molecule is CCNCc1cc(Cl)cc(S(=O)(=O)NCCC(C)C)c1C. The Morgan fingerprint density at radius 1 is 1.29 bits per heavy atom. The number of hydrogen-bond donors (Lipinski definition) is 2. The Balaban J connectivity index is 3.02. The van der Waals surface area contributed by atoms with Crippen LogP contribution in [0, 0.1) is 12.8 Å². The molecule has 0 saturated heterocycles. The van der Waals surface area contributed by atoms with Crippen LogP contribution < -0.4 is 10.0 Å². The molecule has 0 heterocycles. The summed E-state index contributed by atoms with van der Waals surface area (Å²) < 4.78 is 27.5. The highest BCUT2D eigenvalue weighted by Gasteiger charge is 2.19. The molecule has 0 aliphatic heterocycles. The Kier molecular flexibility index (Phi) is 7.13. The van der Waals surface area contributed by atoms with E-state index in [0.29, 0.717) is 24.0 Å². The highest BCUT2D eigenvalue weighted by atomic mass is 35.5. The predicted molar refractivity (Wildman–Crippen MR) is 88.2 cm³/mol. The summed E-state index contributed by atoms with van der Waals surface area (Å²) in [6.07, 6.45) is 0.809. The highest BCUT2D eigenvalue weighted by Crippen LogP contribution is 2.24. The summed E-state index contributed by atoms with van der Waals surface area (Å²) in [5.74, 6) is 0.456. The molecule has 0 aliphatic rings. The van der Waals surface area contributed by atoms with Gasteiger partial charge >= 0.3 is 0 Å². The van der Waals surface area contributed by atoms with E-state index in [1.54, 1.807) is 0 Å². The van der Waals surface area contributed by atoms with Crippen molar-refractivity contribution in [2.45, 2.75) is 45.6 Å². The molecule has 1 aromatic carbocycles. The first-order valence-electron chi connectivity index (χ1n) is 7.27. The van der Waals surface area contributed by atoms with Crippen LogP contribution in [0.1, 0.15) is 38.3 Å². The lowest BCUT2D eigenvalue weighted by Crippen LogP contribution is -2.27. The van der Waals surface area contributed by atoms with Gasteiger partial charge in [0.25, 0.3) is 0 Å². The first-order chi connectivity index (χ1) is 9.77. The summed E-state index contributed by atoms with van der Waals surface area (Å²) in [4.78, 5) is 0.270. The minimum absolute atomic E-state index is 0.270. The first kappa shape index (κ1) is 18.4. The van der Waals surface area contributed by atoms with Gasteiger partial charge in [-0.05, 0) is 49.1 Å². The second-order valence-electron chi connectivity index (χ2n) is 5.55. The monoisotopic (exact) mass is 332 g/mol. The van der Waals surface area contributed by atoms with Crippen molar-refractivity contribution < 1.29 is 8.42 Å². The molecule has 0 aromatic heterocycles. The number of hydrogen-bond acceptors (Lipinski definition) is 3. The molecule has 120 valence electrons. The van der Waals surface area contributed by atoms with E-state index in [1.165, 1.54) is 6.07 Å². The lowest BCUT2D eigenvalue weighted by Gasteiger charge is -2.14. The zero-order valence-electron chi connectivity index (χ0n) is 13.2. The third kappa shape index (κ3) is 5.58. The second kappa shape index (κ2) is 8.13. The zero-order valence-corrected chi connectivity index (χ0v) is 14.7.